The molecule has 13 heavy (non-hydrogen) atoms. The van der Waals surface area contributed by atoms with Gasteiger partial charge < -0.3 is 10.4 Å². The van der Waals surface area contributed by atoms with Crippen molar-refractivity contribution in [3.8, 4) is 0 Å². The second-order valence-electron chi connectivity index (χ2n) is 3.23. The molecule has 0 radical (unpaired) electrons. The number of rotatable bonds is 1. The highest BCUT2D eigenvalue weighted by atomic mass is 16.3. The van der Waals surface area contributed by atoms with E-state index in [0.717, 1.165) is 11.1 Å². The molecular formula is C10H11NO2. The van der Waals surface area contributed by atoms with Crippen LogP contribution in [0.1, 0.15) is 34.5 Å². The number of carbonyl (C=O) groups is 1. The van der Waals surface area contributed by atoms with Gasteiger partial charge in [-0.1, -0.05) is 12.1 Å². The third-order valence-electron chi connectivity index (χ3n) is 2.33. The third kappa shape index (κ3) is 1.21. The minimum Gasteiger partial charge on any atom is -0.389 e. The first-order valence-corrected chi connectivity index (χ1v) is 4.28. The van der Waals surface area contributed by atoms with Gasteiger partial charge in [-0.25, -0.2) is 0 Å². The van der Waals surface area contributed by atoms with Gasteiger partial charge in [0.15, 0.2) is 0 Å². The van der Waals surface area contributed by atoms with E-state index in [0.29, 0.717) is 12.1 Å². The maximum absolute atomic E-state index is 11.2. The monoisotopic (exact) mass is 177 g/mol. The van der Waals surface area contributed by atoms with Crippen LogP contribution in [0.15, 0.2) is 18.2 Å². The maximum atomic E-state index is 11.2. The second kappa shape index (κ2) is 2.85. The highest BCUT2D eigenvalue weighted by Gasteiger charge is 2.22. The van der Waals surface area contributed by atoms with Gasteiger partial charge in [-0.2, -0.15) is 0 Å². The highest BCUT2D eigenvalue weighted by molar-refractivity contribution is 5.98. The normalized spacial score (nSPS) is 16.6. The minimum absolute atomic E-state index is 0.0440. The van der Waals surface area contributed by atoms with Gasteiger partial charge in [0.2, 0.25) is 0 Å². The number of amides is 1. The minimum atomic E-state index is -0.511. The van der Waals surface area contributed by atoms with Gasteiger partial charge in [0.25, 0.3) is 5.91 Å². The molecule has 1 aromatic carbocycles. The lowest BCUT2D eigenvalue weighted by atomic mass is 10.00. The number of hydrogen-bond donors (Lipinski definition) is 2. The first-order chi connectivity index (χ1) is 6.20. The van der Waals surface area contributed by atoms with Crippen LogP contribution in [0.25, 0.3) is 0 Å². The predicted molar refractivity (Wildman–Crippen MR) is 48.2 cm³/mol. The molecule has 0 bridgehead atoms. The average molecular weight is 177 g/mol. The number of aliphatic hydroxyl groups is 1. The summed E-state index contributed by atoms with van der Waals surface area (Å²) in [6, 6.07) is 5.43. The van der Waals surface area contributed by atoms with E-state index in [1.54, 1.807) is 19.1 Å². The maximum Gasteiger partial charge on any atom is 0.251 e. The standard InChI is InChI=1S/C10H11NO2/c1-6(12)7-3-2-4-8-9(7)5-11-10(8)13/h2-4,6,12H,5H2,1H3,(H,11,13). The largest absolute Gasteiger partial charge is 0.389 e. The Hall–Kier alpha value is -1.35. The van der Waals surface area contributed by atoms with Crippen molar-refractivity contribution in [1.29, 1.82) is 0 Å². The Morgan fingerprint density at radius 2 is 2.31 bits per heavy atom. The summed E-state index contributed by atoms with van der Waals surface area (Å²) in [5.41, 5.74) is 2.47. The molecule has 0 aromatic heterocycles. The van der Waals surface area contributed by atoms with E-state index in [9.17, 15) is 9.90 Å². The van der Waals surface area contributed by atoms with Crippen LogP contribution in [0.3, 0.4) is 0 Å². The molecule has 0 spiro atoms. The van der Waals surface area contributed by atoms with Crippen LogP contribution in [-0.4, -0.2) is 11.0 Å². The van der Waals surface area contributed by atoms with Crippen molar-refractivity contribution < 1.29 is 9.90 Å². The summed E-state index contributed by atoms with van der Waals surface area (Å²) in [5.74, 6) is -0.0440. The van der Waals surface area contributed by atoms with Crippen molar-refractivity contribution >= 4 is 5.91 Å². The Morgan fingerprint density at radius 1 is 1.54 bits per heavy atom. The molecule has 0 aliphatic carbocycles. The van der Waals surface area contributed by atoms with E-state index >= 15 is 0 Å². The summed E-state index contributed by atoms with van der Waals surface area (Å²) in [7, 11) is 0. The van der Waals surface area contributed by atoms with Gasteiger partial charge in [0.05, 0.1) is 6.10 Å². The van der Waals surface area contributed by atoms with E-state index in [2.05, 4.69) is 5.32 Å². The summed E-state index contributed by atoms with van der Waals surface area (Å²) >= 11 is 0. The zero-order valence-electron chi connectivity index (χ0n) is 7.37. The van der Waals surface area contributed by atoms with Gasteiger partial charge in [-0.15, -0.1) is 0 Å². The number of aliphatic hydroxyl groups excluding tert-OH is 1. The van der Waals surface area contributed by atoms with E-state index < -0.39 is 6.10 Å². The highest BCUT2D eigenvalue weighted by Crippen LogP contribution is 2.24. The Balaban J connectivity index is 2.57. The fourth-order valence-corrected chi connectivity index (χ4v) is 1.67. The summed E-state index contributed by atoms with van der Waals surface area (Å²) in [5, 5.41) is 12.2. The van der Waals surface area contributed by atoms with Gasteiger partial charge in [-0.05, 0) is 24.1 Å². The van der Waals surface area contributed by atoms with Crippen molar-refractivity contribution in [2.75, 3.05) is 0 Å². The molecule has 1 aliphatic heterocycles. The molecule has 0 saturated heterocycles. The van der Waals surface area contributed by atoms with E-state index in [1.165, 1.54) is 0 Å². The molecule has 1 unspecified atom stereocenters. The van der Waals surface area contributed by atoms with Crippen LogP contribution in [0.5, 0.6) is 0 Å². The molecule has 2 rings (SSSR count). The van der Waals surface area contributed by atoms with Crippen LogP contribution in [-0.2, 0) is 6.54 Å². The Bertz CT molecular complexity index is 358. The van der Waals surface area contributed by atoms with Crippen molar-refractivity contribution in [3.05, 3.63) is 34.9 Å². The topological polar surface area (TPSA) is 49.3 Å². The fraction of sp³-hybridized carbons (Fsp3) is 0.300. The summed E-state index contributed by atoms with van der Waals surface area (Å²) in [6.07, 6.45) is -0.511. The van der Waals surface area contributed by atoms with Crippen molar-refractivity contribution in [2.24, 2.45) is 0 Å². The Kier molecular flexibility index (Phi) is 1.81. The lowest BCUT2D eigenvalue weighted by Crippen LogP contribution is -2.12. The molecule has 3 heteroatoms. The second-order valence-corrected chi connectivity index (χ2v) is 3.23. The number of carbonyl (C=O) groups excluding carboxylic acids is 1. The zero-order chi connectivity index (χ0) is 9.42. The summed E-state index contributed by atoms with van der Waals surface area (Å²) in [4.78, 5) is 11.2. The van der Waals surface area contributed by atoms with E-state index in [-0.39, 0.29) is 5.91 Å². The van der Waals surface area contributed by atoms with Gasteiger partial charge >= 0.3 is 0 Å². The first-order valence-electron chi connectivity index (χ1n) is 4.28. The molecule has 3 nitrogen and oxygen atoms in total. The van der Waals surface area contributed by atoms with Crippen LogP contribution in [0.2, 0.25) is 0 Å². The molecule has 68 valence electrons. The van der Waals surface area contributed by atoms with Gasteiger partial charge in [0.1, 0.15) is 0 Å². The van der Waals surface area contributed by atoms with Crippen LogP contribution >= 0.6 is 0 Å². The van der Waals surface area contributed by atoms with Crippen LogP contribution in [0, 0.1) is 0 Å². The summed E-state index contributed by atoms with van der Waals surface area (Å²) in [6.45, 7) is 2.24. The molecule has 1 aliphatic rings. The van der Waals surface area contributed by atoms with E-state index in [1.807, 2.05) is 6.07 Å². The first kappa shape index (κ1) is 8.26. The number of fused-ring (bicyclic) bond motifs is 1. The number of benzene rings is 1. The Labute approximate surface area is 76.4 Å². The molecule has 1 aromatic rings. The van der Waals surface area contributed by atoms with Crippen molar-refractivity contribution in [2.45, 2.75) is 19.6 Å². The molecule has 1 atom stereocenters. The molecule has 1 heterocycles. The van der Waals surface area contributed by atoms with Crippen molar-refractivity contribution in [3.63, 3.8) is 0 Å². The van der Waals surface area contributed by atoms with Gasteiger partial charge in [-0.3, -0.25) is 4.79 Å². The van der Waals surface area contributed by atoms with Crippen LogP contribution in [0.4, 0.5) is 0 Å². The smallest absolute Gasteiger partial charge is 0.251 e. The molecule has 2 N–H and O–H groups in total. The zero-order valence-corrected chi connectivity index (χ0v) is 7.37. The number of nitrogens with one attached hydrogen (secondary N) is 1. The third-order valence-corrected chi connectivity index (χ3v) is 2.33. The molecular weight excluding hydrogens is 166 g/mol. The van der Waals surface area contributed by atoms with Gasteiger partial charge in [0, 0.05) is 12.1 Å². The lowest BCUT2D eigenvalue weighted by molar-refractivity contribution is 0.0966. The molecule has 0 fully saturated rings. The van der Waals surface area contributed by atoms with E-state index in [4.69, 9.17) is 0 Å². The summed E-state index contributed by atoms with van der Waals surface area (Å²) < 4.78 is 0. The lowest BCUT2D eigenvalue weighted by Gasteiger charge is -2.08. The molecule has 1 amide bonds. The fourth-order valence-electron chi connectivity index (χ4n) is 1.67. The number of hydrogen-bond acceptors (Lipinski definition) is 2. The quantitative estimate of drug-likeness (QED) is 0.671. The van der Waals surface area contributed by atoms with Crippen molar-refractivity contribution in [1.82, 2.24) is 5.32 Å². The SMILES string of the molecule is CC(O)c1cccc2c1CNC2=O. The predicted octanol–water partition coefficient (Wildman–Crippen LogP) is 0.983. The molecule has 0 saturated carbocycles. The average Bonchev–Trinajstić information content (AvgIpc) is 2.48. The Morgan fingerprint density at radius 3 is 3.00 bits per heavy atom. The van der Waals surface area contributed by atoms with Crippen LogP contribution < -0.4 is 5.32 Å².